The van der Waals surface area contributed by atoms with Crippen LogP contribution in [-0.2, 0) is 14.9 Å². The first-order valence-electron chi connectivity index (χ1n) is 2.70. The van der Waals surface area contributed by atoms with E-state index in [0.717, 1.165) is 0 Å². The van der Waals surface area contributed by atoms with Crippen molar-refractivity contribution in [3.63, 3.8) is 0 Å². The van der Waals surface area contributed by atoms with Gasteiger partial charge in [-0.15, -0.1) is 13.2 Å². The van der Waals surface area contributed by atoms with Gasteiger partial charge in [-0.2, -0.15) is 26.0 Å². The van der Waals surface area contributed by atoms with Crippen LogP contribution in [-0.4, -0.2) is 30.7 Å². The maximum absolute atomic E-state index is 12.0. The van der Waals surface area contributed by atoms with Crippen LogP contribution in [0.4, 0.5) is 30.7 Å². The van der Waals surface area contributed by atoms with Gasteiger partial charge >= 0.3 is 27.8 Å². The van der Waals surface area contributed by atoms with E-state index in [1.54, 1.807) is 4.74 Å². The Hall–Kier alpha value is -0.620. The molecule has 0 aromatic heterocycles. The first kappa shape index (κ1) is 14.4. The molecule has 0 saturated heterocycles. The molecule has 0 spiro atoms. The summed E-state index contributed by atoms with van der Waals surface area (Å²) >= 11 is 0. The first-order chi connectivity index (χ1) is 6.21. The molecule has 0 aliphatic rings. The lowest BCUT2D eigenvalue weighted by atomic mass is 10.6. The number of hydrogen-bond donors (Lipinski definition) is 1. The highest BCUT2D eigenvalue weighted by Gasteiger charge is 2.70. The molecule has 92 valence electrons. The molecule has 0 aromatic rings. The molecule has 0 amide bonds. The van der Waals surface area contributed by atoms with E-state index in [1.807, 2.05) is 0 Å². The predicted octanol–water partition coefficient (Wildman–Crippen LogP) is 1.60. The molecular formula is C3HF7O4S. The van der Waals surface area contributed by atoms with Crippen LogP contribution in [0.25, 0.3) is 0 Å². The topological polar surface area (TPSA) is 63.6 Å². The number of alkyl halides is 7. The monoisotopic (exact) mass is 266 g/mol. The van der Waals surface area contributed by atoms with Gasteiger partial charge in [-0.05, 0) is 0 Å². The van der Waals surface area contributed by atoms with Crippen molar-refractivity contribution in [1.82, 2.24) is 0 Å². The fraction of sp³-hybridized carbons (Fsp3) is 1.00. The Balaban J connectivity index is 5.21. The predicted molar refractivity (Wildman–Crippen MR) is 28.6 cm³/mol. The summed E-state index contributed by atoms with van der Waals surface area (Å²) in [6, 6.07) is 0. The molecule has 1 N–H and O–H groups in total. The Morgan fingerprint density at radius 2 is 1.27 bits per heavy atom. The van der Waals surface area contributed by atoms with Crippen LogP contribution in [0.15, 0.2) is 0 Å². The molecule has 0 saturated carbocycles. The zero-order valence-corrected chi connectivity index (χ0v) is 7.04. The van der Waals surface area contributed by atoms with Crippen molar-refractivity contribution in [2.75, 3.05) is 0 Å². The number of rotatable bonds is 3. The third-order valence-corrected chi connectivity index (χ3v) is 1.79. The summed E-state index contributed by atoms with van der Waals surface area (Å²) in [4.78, 5) is 0. The second-order valence-electron chi connectivity index (χ2n) is 2.06. The summed E-state index contributed by atoms with van der Waals surface area (Å²) in [5.74, 6) is 0. The average molecular weight is 266 g/mol. The molecule has 0 radical (unpaired) electrons. The van der Waals surface area contributed by atoms with Gasteiger partial charge in [0.05, 0.1) is 0 Å². The summed E-state index contributed by atoms with van der Waals surface area (Å²) in [5.41, 5.74) is 0. The molecule has 0 aliphatic carbocycles. The molecule has 0 heterocycles. The van der Waals surface area contributed by atoms with E-state index in [0.29, 0.717) is 0 Å². The molecule has 15 heavy (non-hydrogen) atoms. The van der Waals surface area contributed by atoms with Gasteiger partial charge in [0, 0.05) is 0 Å². The number of halogens is 7. The van der Waals surface area contributed by atoms with E-state index in [2.05, 4.69) is 0 Å². The fourth-order valence-corrected chi connectivity index (χ4v) is 0.697. The normalized spacial score (nSPS) is 15.5. The largest absolute Gasteiger partial charge is 0.527 e. The van der Waals surface area contributed by atoms with E-state index < -0.39 is 27.8 Å². The van der Waals surface area contributed by atoms with Gasteiger partial charge in [-0.25, -0.2) is 4.74 Å². The van der Waals surface area contributed by atoms with Gasteiger partial charge < -0.3 is 0 Å². The van der Waals surface area contributed by atoms with Crippen molar-refractivity contribution < 1.29 is 48.4 Å². The van der Waals surface area contributed by atoms with E-state index in [-0.39, 0.29) is 0 Å². The lowest BCUT2D eigenvalue weighted by molar-refractivity contribution is -0.453. The molecule has 0 fully saturated rings. The Labute approximate surface area is 77.4 Å². The van der Waals surface area contributed by atoms with Crippen LogP contribution < -0.4 is 0 Å². The lowest BCUT2D eigenvalue weighted by Crippen LogP contribution is -2.50. The van der Waals surface area contributed by atoms with Gasteiger partial charge in [0.15, 0.2) is 0 Å². The van der Waals surface area contributed by atoms with Crippen molar-refractivity contribution >= 4 is 10.1 Å². The zero-order chi connectivity index (χ0) is 12.7. The van der Waals surface area contributed by atoms with Crippen LogP contribution in [0.5, 0.6) is 0 Å². The number of ether oxygens (including phenoxy) is 1. The molecule has 4 nitrogen and oxygen atoms in total. The van der Waals surface area contributed by atoms with E-state index in [9.17, 15) is 39.2 Å². The van der Waals surface area contributed by atoms with Crippen molar-refractivity contribution in [3.05, 3.63) is 0 Å². The van der Waals surface area contributed by atoms with Crippen molar-refractivity contribution in [3.8, 4) is 0 Å². The zero-order valence-electron chi connectivity index (χ0n) is 6.23. The van der Waals surface area contributed by atoms with Crippen LogP contribution >= 0.6 is 0 Å². The standard InChI is InChI=1S/C3HF7O4S/c4-1(5,14-3(8,9)10)2(6,7)15(11,12)13/h(H,11,12,13). The molecular weight excluding hydrogens is 265 g/mol. The Morgan fingerprint density at radius 1 is 0.933 bits per heavy atom. The second-order valence-corrected chi connectivity index (χ2v) is 3.52. The molecule has 0 rings (SSSR count). The Morgan fingerprint density at radius 3 is 1.47 bits per heavy atom. The minimum absolute atomic E-state index is 1.59. The maximum Gasteiger partial charge on any atom is 0.527 e. The van der Waals surface area contributed by atoms with Crippen LogP contribution in [0, 0.1) is 0 Å². The first-order valence-corrected chi connectivity index (χ1v) is 4.14. The summed E-state index contributed by atoms with van der Waals surface area (Å²) in [7, 11) is -6.74. The average Bonchev–Trinajstić information content (AvgIpc) is 1.77. The smallest absolute Gasteiger partial charge is 0.281 e. The van der Waals surface area contributed by atoms with E-state index in [1.165, 1.54) is 0 Å². The highest BCUT2D eigenvalue weighted by molar-refractivity contribution is 7.86. The molecule has 0 aliphatic heterocycles. The van der Waals surface area contributed by atoms with Crippen LogP contribution in [0.2, 0.25) is 0 Å². The van der Waals surface area contributed by atoms with E-state index in [4.69, 9.17) is 4.55 Å². The summed E-state index contributed by atoms with van der Waals surface area (Å²) < 4.78 is 110. The van der Waals surface area contributed by atoms with Gasteiger partial charge in [-0.1, -0.05) is 0 Å². The third kappa shape index (κ3) is 3.17. The molecule has 0 bridgehead atoms. The van der Waals surface area contributed by atoms with Crippen molar-refractivity contribution in [1.29, 1.82) is 0 Å². The van der Waals surface area contributed by atoms with Gasteiger partial charge in [-0.3, -0.25) is 4.55 Å². The molecule has 12 heteroatoms. The number of hydrogen-bond acceptors (Lipinski definition) is 3. The van der Waals surface area contributed by atoms with E-state index >= 15 is 0 Å². The second kappa shape index (κ2) is 3.45. The van der Waals surface area contributed by atoms with Crippen LogP contribution in [0.3, 0.4) is 0 Å². The Bertz CT molecular complexity index is 329. The van der Waals surface area contributed by atoms with Gasteiger partial charge in [0.2, 0.25) is 0 Å². The highest BCUT2D eigenvalue weighted by atomic mass is 32.2. The third-order valence-electron chi connectivity index (χ3n) is 0.907. The summed E-state index contributed by atoms with van der Waals surface area (Å²) in [6.07, 6.45) is -12.6. The van der Waals surface area contributed by atoms with Gasteiger partial charge in [0.25, 0.3) is 0 Å². The maximum atomic E-state index is 12.0. The van der Waals surface area contributed by atoms with Crippen LogP contribution in [0.1, 0.15) is 0 Å². The minimum atomic E-state index is -6.74. The molecule has 0 unspecified atom stereocenters. The lowest BCUT2D eigenvalue weighted by Gasteiger charge is -2.23. The van der Waals surface area contributed by atoms with Crippen molar-refractivity contribution in [2.45, 2.75) is 17.7 Å². The van der Waals surface area contributed by atoms with Crippen molar-refractivity contribution in [2.24, 2.45) is 0 Å². The summed E-state index contributed by atoms with van der Waals surface area (Å²) in [6.45, 7) is 0. The summed E-state index contributed by atoms with van der Waals surface area (Å²) in [5, 5.41) is -6.41. The quantitative estimate of drug-likeness (QED) is 0.622. The SMILES string of the molecule is O=S(=O)(O)C(F)(F)C(F)(F)OC(F)(F)F. The molecule has 0 aromatic carbocycles. The minimum Gasteiger partial charge on any atom is -0.281 e. The fourth-order valence-electron chi connectivity index (χ4n) is 0.355. The Kier molecular flexibility index (Phi) is 3.31. The van der Waals surface area contributed by atoms with Gasteiger partial charge in [0.1, 0.15) is 0 Å². The molecule has 0 atom stereocenters. The highest BCUT2D eigenvalue weighted by Crippen LogP contribution is 2.42.